The highest BCUT2D eigenvalue weighted by Crippen LogP contribution is 2.25. The van der Waals surface area contributed by atoms with Crippen LogP contribution < -0.4 is 10.2 Å². The number of methoxy groups -OCH3 is 1. The SMILES string of the molecule is CCCNCc1c(N(C)C(C)COC)nc2sccn12. The topological polar surface area (TPSA) is 41.8 Å². The fourth-order valence-electron chi connectivity index (χ4n) is 2.21. The smallest absolute Gasteiger partial charge is 0.195 e. The number of thiazole rings is 1. The van der Waals surface area contributed by atoms with Crippen molar-refractivity contribution in [3.8, 4) is 0 Å². The van der Waals surface area contributed by atoms with Gasteiger partial charge in [0.05, 0.1) is 18.3 Å². The number of anilines is 1. The minimum Gasteiger partial charge on any atom is -0.383 e. The molecular formula is C14H24N4OS. The molecule has 0 aliphatic rings. The maximum Gasteiger partial charge on any atom is 0.195 e. The fraction of sp³-hybridized carbons (Fsp3) is 0.643. The summed E-state index contributed by atoms with van der Waals surface area (Å²) in [4.78, 5) is 8.01. The Kier molecular flexibility index (Phi) is 5.39. The minimum absolute atomic E-state index is 0.300. The van der Waals surface area contributed by atoms with Gasteiger partial charge in [-0.3, -0.25) is 4.40 Å². The number of nitrogens with zero attached hydrogens (tertiary/aromatic N) is 3. The number of rotatable bonds is 8. The van der Waals surface area contributed by atoms with Crippen LogP contribution in [-0.4, -0.2) is 42.7 Å². The van der Waals surface area contributed by atoms with E-state index < -0.39 is 0 Å². The summed E-state index contributed by atoms with van der Waals surface area (Å²) in [5.41, 5.74) is 1.22. The number of hydrogen-bond donors (Lipinski definition) is 1. The molecule has 5 nitrogen and oxygen atoms in total. The van der Waals surface area contributed by atoms with E-state index in [-0.39, 0.29) is 0 Å². The van der Waals surface area contributed by atoms with E-state index in [9.17, 15) is 0 Å². The molecule has 0 saturated carbocycles. The molecule has 0 aliphatic carbocycles. The van der Waals surface area contributed by atoms with Gasteiger partial charge in [0.2, 0.25) is 0 Å². The second-order valence-electron chi connectivity index (χ2n) is 5.03. The van der Waals surface area contributed by atoms with Gasteiger partial charge in [-0.1, -0.05) is 6.92 Å². The van der Waals surface area contributed by atoms with Gasteiger partial charge < -0.3 is 15.0 Å². The molecule has 0 aromatic carbocycles. The second-order valence-corrected chi connectivity index (χ2v) is 5.90. The van der Waals surface area contributed by atoms with Crippen molar-refractivity contribution < 1.29 is 4.74 Å². The number of ether oxygens (including phenoxy) is 1. The molecular weight excluding hydrogens is 272 g/mol. The third-order valence-electron chi connectivity index (χ3n) is 3.46. The zero-order chi connectivity index (χ0) is 14.5. The molecule has 20 heavy (non-hydrogen) atoms. The maximum atomic E-state index is 5.25. The Hall–Kier alpha value is -1.11. The second kappa shape index (κ2) is 7.06. The molecule has 0 aliphatic heterocycles. The first kappa shape index (κ1) is 15.3. The minimum atomic E-state index is 0.300. The molecule has 0 fully saturated rings. The van der Waals surface area contributed by atoms with Gasteiger partial charge in [0.25, 0.3) is 0 Å². The summed E-state index contributed by atoms with van der Waals surface area (Å²) in [5, 5.41) is 5.55. The van der Waals surface area contributed by atoms with Crippen LogP contribution in [0.5, 0.6) is 0 Å². The Morgan fingerprint density at radius 2 is 2.35 bits per heavy atom. The van der Waals surface area contributed by atoms with Crippen molar-refractivity contribution in [3.63, 3.8) is 0 Å². The van der Waals surface area contributed by atoms with E-state index in [1.54, 1.807) is 18.4 Å². The Morgan fingerprint density at radius 3 is 3.05 bits per heavy atom. The van der Waals surface area contributed by atoms with E-state index in [0.29, 0.717) is 12.6 Å². The number of imidazole rings is 1. The Balaban J connectivity index is 2.26. The molecule has 2 heterocycles. The monoisotopic (exact) mass is 296 g/mol. The summed E-state index contributed by atoms with van der Waals surface area (Å²) in [5.74, 6) is 1.05. The van der Waals surface area contributed by atoms with Crippen LogP contribution in [0.25, 0.3) is 4.96 Å². The van der Waals surface area contributed by atoms with Crippen molar-refractivity contribution in [1.82, 2.24) is 14.7 Å². The predicted molar refractivity (Wildman–Crippen MR) is 84.8 cm³/mol. The van der Waals surface area contributed by atoms with Crippen molar-refractivity contribution in [2.24, 2.45) is 0 Å². The highest BCUT2D eigenvalue weighted by atomic mass is 32.1. The van der Waals surface area contributed by atoms with Crippen molar-refractivity contribution >= 4 is 22.1 Å². The molecule has 1 atom stereocenters. The van der Waals surface area contributed by atoms with Crippen molar-refractivity contribution in [1.29, 1.82) is 0 Å². The lowest BCUT2D eigenvalue weighted by Gasteiger charge is -2.25. The number of nitrogens with one attached hydrogen (secondary N) is 1. The van der Waals surface area contributed by atoms with Gasteiger partial charge in [0, 0.05) is 32.3 Å². The zero-order valence-electron chi connectivity index (χ0n) is 12.7. The molecule has 0 amide bonds. The molecule has 1 unspecified atom stereocenters. The maximum absolute atomic E-state index is 5.25. The number of likely N-dealkylation sites (N-methyl/N-ethyl adjacent to an activating group) is 1. The summed E-state index contributed by atoms with van der Waals surface area (Å²) in [6.07, 6.45) is 3.23. The molecule has 0 bridgehead atoms. The summed E-state index contributed by atoms with van der Waals surface area (Å²) in [7, 11) is 3.82. The Labute approximate surface area is 124 Å². The van der Waals surface area contributed by atoms with E-state index in [0.717, 1.165) is 30.3 Å². The lowest BCUT2D eigenvalue weighted by atomic mass is 10.3. The van der Waals surface area contributed by atoms with Crippen molar-refractivity contribution in [2.75, 3.05) is 32.2 Å². The molecule has 2 aromatic heterocycles. The number of fused-ring (bicyclic) bond motifs is 1. The van der Waals surface area contributed by atoms with Gasteiger partial charge in [-0.25, -0.2) is 4.98 Å². The van der Waals surface area contributed by atoms with Crippen LogP contribution in [-0.2, 0) is 11.3 Å². The summed E-state index contributed by atoms with van der Waals surface area (Å²) >= 11 is 1.67. The van der Waals surface area contributed by atoms with Crippen LogP contribution in [0.3, 0.4) is 0 Å². The van der Waals surface area contributed by atoms with Gasteiger partial charge in [-0.2, -0.15) is 0 Å². The van der Waals surface area contributed by atoms with E-state index >= 15 is 0 Å². The van der Waals surface area contributed by atoms with Crippen LogP contribution in [0.15, 0.2) is 11.6 Å². The lowest BCUT2D eigenvalue weighted by molar-refractivity contribution is 0.183. The molecule has 6 heteroatoms. The summed E-state index contributed by atoms with van der Waals surface area (Å²) in [6, 6.07) is 0.300. The van der Waals surface area contributed by atoms with Crippen LogP contribution in [0.2, 0.25) is 0 Å². The molecule has 0 saturated heterocycles. The number of aromatic nitrogens is 2. The fourth-order valence-corrected chi connectivity index (χ4v) is 2.94. The van der Waals surface area contributed by atoms with E-state index in [4.69, 9.17) is 9.72 Å². The van der Waals surface area contributed by atoms with Crippen molar-refractivity contribution in [3.05, 3.63) is 17.3 Å². The highest BCUT2D eigenvalue weighted by molar-refractivity contribution is 7.15. The van der Waals surface area contributed by atoms with Gasteiger partial charge in [0.15, 0.2) is 10.8 Å². The first-order valence-corrected chi connectivity index (χ1v) is 7.93. The average molecular weight is 296 g/mol. The highest BCUT2D eigenvalue weighted by Gasteiger charge is 2.19. The third kappa shape index (κ3) is 3.13. The molecule has 112 valence electrons. The summed E-state index contributed by atoms with van der Waals surface area (Å²) < 4.78 is 7.43. The third-order valence-corrected chi connectivity index (χ3v) is 4.22. The summed E-state index contributed by atoms with van der Waals surface area (Å²) in [6.45, 7) is 6.89. The molecule has 0 radical (unpaired) electrons. The van der Waals surface area contributed by atoms with Crippen LogP contribution in [0, 0.1) is 0 Å². The Bertz CT molecular complexity index is 536. The van der Waals surface area contributed by atoms with E-state index in [1.165, 1.54) is 5.69 Å². The Morgan fingerprint density at radius 1 is 1.55 bits per heavy atom. The standard InChI is InChI=1S/C14H24N4OS/c1-5-6-15-9-12-13(17(3)11(2)10-19-4)16-14-18(12)7-8-20-14/h7-8,11,15H,5-6,9-10H2,1-4H3. The molecule has 2 aromatic rings. The quantitative estimate of drug-likeness (QED) is 0.759. The average Bonchev–Trinajstić information content (AvgIpc) is 3.00. The van der Waals surface area contributed by atoms with Crippen LogP contribution in [0.1, 0.15) is 26.0 Å². The lowest BCUT2D eigenvalue weighted by Crippen LogP contribution is -2.34. The number of hydrogen-bond acceptors (Lipinski definition) is 5. The van der Waals surface area contributed by atoms with Gasteiger partial charge in [-0.05, 0) is 19.9 Å². The van der Waals surface area contributed by atoms with Gasteiger partial charge in [0.1, 0.15) is 0 Å². The van der Waals surface area contributed by atoms with Crippen LogP contribution in [0.4, 0.5) is 5.82 Å². The van der Waals surface area contributed by atoms with E-state index in [2.05, 4.69) is 47.1 Å². The first-order valence-electron chi connectivity index (χ1n) is 7.06. The van der Waals surface area contributed by atoms with Gasteiger partial charge in [-0.15, -0.1) is 11.3 Å². The first-order chi connectivity index (χ1) is 9.69. The normalized spacial score (nSPS) is 13.0. The largest absolute Gasteiger partial charge is 0.383 e. The molecule has 2 rings (SSSR count). The zero-order valence-corrected chi connectivity index (χ0v) is 13.5. The predicted octanol–water partition coefficient (Wildman–Crippen LogP) is 2.37. The van der Waals surface area contributed by atoms with Gasteiger partial charge >= 0.3 is 0 Å². The van der Waals surface area contributed by atoms with Crippen molar-refractivity contribution in [2.45, 2.75) is 32.9 Å². The molecule has 1 N–H and O–H groups in total. The van der Waals surface area contributed by atoms with E-state index in [1.807, 2.05) is 0 Å². The molecule has 0 spiro atoms. The van der Waals surface area contributed by atoms with Crippen LogP contribution >= 0.6 is 11.3 Å².